The Morgan fingerprint density at radius 1 is 0.390 bits per heavy atom. The van der Waals surface area contributed by atoms with Crippen molar-refractivity contribution < 1.29 is 0 Å². The lowest BCUT2D eigenvalue weighted by atomic mass is 10.00. The van der Waals surface area contributed by atoms with Gasteiger partial charge in [-0.15, -0.1) is 0 Å². The van der Waals surface area contributed by atoms with Gasteiger partial charge in [-0.2, -0.15) is 0 Å². The van der Waals surface area contributed by atoms with Gasteiger partial charge in [-0.05, 0) is 101 Å². The van der Waals surface area contributed by atoms with Crippen LogP contribution in [0.2, 0.25) is 0 Å². The summed E-state index contributed by atoms with van der Waals surface area (Å²) in [4.78, 5) is 15.1. The molecule has 0 unspecified atom stereocenters. The standard InChI is InChI=1S/C54H34N4S/c1-3-14-36(15-4-1)53-43-19-9-10-20-45(43)55-54(56-53)37-23-28-41(29-24-37)58-47-31-26-35-13-7-8-18-42(35)52(47)44-30-25-38(33-48(44)58)39-27-32-51-49(34-39)57(40-16-5-2-6-17-40)46-21-11-12-22-50(46)59-51/h1-34H. The largest absolute Gasteiger partial charge is 0.309 e. The van der Waals surface area contributed by atoms with Gasteiger partial charge in [-0.25, -0.2) is 9.97 Å². The Morgan fingerprint density at radius 2 is 1.07 bits per heavy atom. The smallest absolute Gasteiger partial charge is 0.160 e. The first-order valence-corrected chi connectivity index (χ1v) is 20.7. The maximum Gasteiger partial charge on any atom is 0.160 e. The number of hydrogen-bond acceptors (Lipinski definition) is 4. The van der Waals surface area contributed by atoms with Crippen LogP contribution in [-0.2, 0) is 0 Å². The third-order valence-corrected chi connectivity index (χ3v) is 12.7. The second-order valence-corrected chi connectivity index (χ2v) is 16.1. The van der Waals surface area contributed by atoms with E-state index in [0.717, 1.165) is 44.6 Å². The maximum absolute atomic E-state index is 5.16. The molecule has 0 spiro atoms. The second kappa shape index (κ2) is 13.6. The van der Waals surface area contributed by atoms with Crippen LogP contribution in [0.15, 0.2) is 216 Å². The molecule has 1 aliphatic rings. The molecule has 0 aliphatic carbocycles. The van der Waals surface area contributed by atoms with E-state index in [0.29, 0.717) is 5.82 Å². The lowest BCUT2D eigenvalue weighted by Gasteiger charge is -2.33. The molecule has 11 aromatic rings. The molecule has 12 rings (SSSR count). The monoisotopic (exact) mass is 770 g/mol. The third-order valence-electron chi connectivity index (χ3n) is 11.6. The maximum atomic E-state index is 5.16. The van der Waals surface area contributed by atoms with Crippen LogP contribution in [0, 0.1) is 0 Å². The number of para-hydroxylation sites is 3. The van der Waals surface area contributed by atoms with Crippen molar-refractivity contribution in [3.63, 3.8) is 0 Å². The Balaban J connectivity index is 1.02. The van der Waals surface area contributed by atoms with Crippen molar-refractivity contribution in [1.29, 1.82) is 0 Å². The van der Waals surface area contributed by atoms with E-state index in [1.807, 2.05) is 23.9 Å². The molecular weight excluding hydrogens is 737 g/mol. The number of rotatable bonds is 5. The van der Waals surface area contributed by atoms with Crippen molar-refractivity contribution in [3.8, 4) is 39.5 Å². The van der Waals surface area contributed by atoms with Crippen LogP contribution in [0.1, 0.15) is 0 Å². The van der Waals surface area contributed by atoms with Crippen LogP contribution in [-0.4, -0.2) is 14.5 Å². The van der Waals surface area contributed by atoms with Crippen LogP contribution in [0.3, 0.4) is 0 Å². The summed E-state index contributed by atoms with van der Waals surface area (Å²) in [5.74, 6) is 0.711. The minimum absolute atomic E-state index is 0.711. The molecule has 0 bridgehead atoms. The average molecular weight is 771 g/mol. The van der Waals surface area contributed by atoms with E-state index < -0.39 is 0 Å². The Kier molecular flexibility index (Phi) is 7.75. The Labute approximate surface area is 345 Å². The molecule has 59 heavy (non-hydrogen) atoms. The van der Waals surface area contributed by atoms with E-state index in [2.05, 4.69) is 204 Å². The van der Waals surface area contributed by atoms with E-state index in [9.17, 15) is 0 Å². The SMILES string of the molecule is c1ccc(-c2nc(-c3ccc(-n4c5cc(-c6ccc7c(c6)N(c6ccccc6)c6ccccc6S7)ccc5c5c6ccccc6ccc54)cc3)nc3ccccc23)cc1. The molecule has 2 aromatic heterocycles. The molecule has 9 aromatic carbocycles. The highest BCUT2D eigenvalue weighted by atomic mass is 32.2. The van der Waals surface area contributed by atoms with Crippen molar-refractivity contribution in [2.24, 2.45) is 0 Å². The quantitative estimate of drug-likeness (QED) is 0.175. The first-order valence-electron chi connectivity index (χ1n) is 19.9. The first kappa shape index (κ1) is 33.6. The molecule has 0 saturated heterocycles. The second-order valence-electron chi connectivity index (χ2n) is 15.0. The zero-order chi connectivity index (χ0) is 38.9. The topological polar surface area (TPSA) is 34.0 Å². The summed E-state index contributed by atoms with van der Waals surface area (Å²) < 4.78 is 2.42. The Hall–Kier alpha value is -7.47. The number of fused-ring (bicyclic) bond motifs is 8. The number of hydrogen-bond donors (Lipinski definition) is 0. The number of aromatic nitrogens is 3. The molecule has 0 amide bonds. The summed E-state index contributed by atoms with van der Waals surface area (Å²) in [6, 6.07) is 73.9. The van der Waals surface area contributed by atoms with Gasteiger partial charge in [0.15, 0.2) is 5.82 Å². The molecular formula is C54H34N4S. The summed E-state index contributed by atoms with van der Waals surface area (Å²) in [6.45, 7) is 0. The fraction of sp³-hybridized carbons (Fsp3) is 0. The molecule has 0 atom stereocenters. The Bertz CT molecular complexity index is 3410. The number of nitrogens with zero attached hydrogens (tertiary/aromatic N) is 4. The lowest BCUT2D eigenvalue weighted by molar-refractivity contribution is 1.16. The van der Waals surface area contributed by atoms with Crippen LogP contribution < -0.4 is 4.90 Å². The predicted molar refractivity (Wildman–Crippen MR) is 246 cm³/mol. The van der Waals surface area contributed by atoms with E-state index in [1.54, 1.807) is 0 Å². The highest BCUT2D eigenvalue weighted by Crippen LogP contribution is 2.52. The normalized spacial score (nSPS) is 12.3. The van der Waals surface area contributed by atoms with E-state index in [-0.39, 0.29) is 0 Å². The van der Waals surface area contributed by atoms with E-state index in [1.165, 1.54) is 59.4 Å². The number of benzene rings is 9. The minimum atomic E-state index is 0.711. The van der Waals surface area contributed by atoms with Gasteiger partial charge >= 0.3 is 0 Å². The molecule has 276 valence electrons. The fourth-order valence-corrected chi connectivity index (χ4v) is 9.85. The summed E-state index contributed by atoms with van der Waals surface area (Å²) in [6.07, 6.45) is 0. The van der Waals surface area contributed by atoms with Gasteiger partial charge in [0.2, 0.25) is 0 Å². The molecule has 4 nitrogen and oxygen atoms in total. The van der Waals surface area contributed by atoms with Gasteiger partial charge in [0, 0.05) is 48.5 Å². The molecule has 0 fully saturated rings. The zero-order valence-electron chi connectivity index (χ0n) is 31.8. The van der Waals surface area contributed by atoms with Gasteiger partial charge in [0.1, 0.15) is 0 Å². The summed E-state index contributed by atoms with van der Waals surface area (Å²) in [5.41, 5.74) is 13.2. The molecule has 0 radical (unpaired) electrons. The molecule has 3 heterocycles. The molecule has 1 aliphatic heterocycles. The highest BCUT2D eigenvalue weighted by Gasteiger charge is 2.25. The Morgan fingerprint density at radius 3 is 1.93 bits per heavy atom. The van der Waals surface area contributed by atoms with Crippen LogP contribution in [0.25, 0.3) is 82.9 Å². The number of anilines is 3. The lowest BCUT2D eigenvalue weighted by Crippen LogP contribution is -2.14. The highest BCUT2D eigenvalue weighted by molar-refractivity contribution is 7.99. The van der Waals surface area contributed by atoms with Gasteiger partial charge < -0.3 is 9.47 Å². The first-order chi connectivity index (χ1) is 29.2. The zero-order valence-corrected chi connectivity index (χ0v) is 32.6. The molecule has 0 saturated carbocycles. The van der Waals surface area contributed by atoms with Gasteiger partial charge in [0.25, 0.3) is 0 Å². The van der Waals surface area contributed by atoms with Crippen LogP contribution >= 0.6 is 11.8 Å². The van der Waals surface area contributed by atoms with E-state index in [4.69, 9.17) is 9.97 Å². The van der Waals surface area contributed by atoms with Crippen LogP contribution in [0.5, 0.6) is 0 Å². The van der Waals surface area contributed by atoms with Gasteiger partial charge in [-0.3, -0.25) is 0 Å². The van der Waals surface area contributed by atoms with Crippen LogP contribution in [0.4, 0.5) is 17.1 Å². The summed E-state index contributed by atoms with van der Waals surface area (Å²) >= 11 is 1.84. The summed E-state index contributed by atoms with van der Waals surface area (Å²) in [5, 5.41) is 6.01. The van der Waals surface area contributed by atoms with Crippen molar-refractivity contribution in [2.75, 3.05) is 4.90 Å². The minimum Gasteiger partial charge on any atom is -0.309 e. The summed E-state index contributed by atoms with van der Waals surface area (Å²) in [7, 11) is 0. The fourth-order valence-electron chi connectivity index (χ4n) is 8.82. The van der Waals surface area contributed by atoms with Gasteiger partial charge in [-0.1, -0.05) is 139 Å². The van der Waals surface area contributed by atoms with Crippen molar-refractivity contribution in [2.45, 2.75) is 9.79 Å². The van der Waals surface area contributed by atoms with Crippen molar-refractivity contribution >= 4 is 72.3 Å². The third kappa shape index (κ3) is 5.54. The average Bonchev–Trinajstić information content (AvgIpc) is 3.65. The van der Waals surface area contributed by atoms with Crippen molar-refractivity contribution in [1.82, 2.24) is 14.5 Å². The molecule has 5 heteroatoms. The van der Waals surface area contributed by atoms with Crippen molar-refractivity contribution in [3.05, 3.63) is 206 Å². The van der Waals surface area contributed by atoms with Gasteiger partial charge in [0.05, 0.1) is 33.6 Å². The molecule has 0 N–H and O–H groups in total. The van der Waals surface area contributed by atoms with E-state index >= 15 is 0 Å². The predicted octanol–water partition coefficient (Wildman–Crippen LogP) is 14.8.